The Balaban J connectivity index is 1.39. The summed E-state index contributed by atoms with van der Waals surface area (Å²) >= 11 is 3.44. The monoisotopic (exact) mass is 336 g/mol. The van der Waals surface area contributed by atoms with Crippen molar-refractivity contribution in [2.45, 2.75) is 37.7 Å². The molecule has 0 radical (unpaired) electrons. The van der Waals surface area contributed by atoms with Gasteiger partial charge in [0, 0.05) is 32.4 Å². The number of oxime groups is 1. The van der Waals surface area contributed by atoms with Crippen molar-refractivity contribution in [3.8, 4) is 0 Å². The van der Waals surface area contributed by atoms with Crippen LogP contribution in [0.5, 0.6) is 0 Å². The average Bonchev–Trinajstić information content (AvgIpc) is 2.84. The molecule has 0 saturated carbocycles. The molecule has 3 rings (SSSR count). The highest BCUT2D eigenvalue weighted by Gasteiger charge is 2.41. The van der Waals surface area contributed by atoms with Gasteiger partial charge in [-0.3, -0.25) is 0 Å². The Morgan fingerprint density at radius 3 is 2.60 bits per heavy atom. The van der Waals surface area contributed by atoms with Crippen LogP contribution in [-0.2, 0) is 11.3 Å². The first kappa shape index (κ1) is 14.1. The molecule has 0 unspecified atom stereocenters. The molecule has 0 aliphatic carbocycles. The summed E-state index contributed by atoms with van der Waals surface area (Å²) in [5, 5.41) is 4.05. The van der Waals surface area contributed by atoms with Gasteiger partial charge in [-0.1, -0.05) is 35.5 Å². The normalized spacial score (nSPS) is 21.8. The number of halogens is 1. The quantitative estimate of drug-likeness (QED) is 0.839. The zero-order chi connectivity index (χ0) is 13.8. The second-order valence-electron chi connectivity index (χ2n) is 5.85. The fourth-order valence-electron chi connectivity index (χ4n) is 3.08. The summed E-state index contributed by atoms with van der Waals surface area (Å²) in [7, 11) is 0. The predicted octanol–water partition coefficient (Wildman–Crippen LogP) is 3.58. The summed E-state index contributed by atoms with van der Waals surface area (Å²) in [4.78, 5) is 8.19. The highest BCUT2D eigenvalue weighted by Crippen LogP contribution is 2.35. The summed E-state index contributed by atoms with van der Waals surface area (Å²) in [5.74, 6) is 0. The molecule has 3 nitrogen and oxygen atoms in total. The number of hydrogen-bond donors (Lipinski definition) is 0. The molecule has 108 valence electrons. The lowest BCUT2D eigenvalue weighted by molar-refractivity contribution is -0.0614. The lowest BCUT2D eigenvalue weighted by Crippen LogP contribution is -2.44. The van der Waals surface area contributed by atoms with Crippen molar-refractivity contribution in [1.29, 1.82) is 0 Å². The third-order valence-electron chi connectivity index (χ3n) is 4.36. The number of rotatable bonds is 4. The van der Waals surface area contributed by atoms with E-state index < -0.39 is 0 Å². The second-order valence-corrected chi connectivity index (χ2v) is 6.76. The molecular formula is C16H21BrN2O. The van der Waals surface area contributed by atoms with E-state index in [0.717, 1.165) is 37.0 Å². The van der Waals surface area contributed by atoms with Crippen molar-refractivity contribution < 1.29 is 4.84 Å². The van der Waals surface area contributed by atoms with Crippen LogP contribution in [0, 0.1) is 0 Å². The van der Waals surface area contributed by atoms with Crippen LogP contribution >= 0.6 is 15.9 Å². The first-order valence-corrected chi connectivity index (χ1v) is 8.22. The minimum atomic E-state index is -0.00520. The molecule has 1 aromatic carbocycles. The summed E-state index contributed by atoms with van der Waals surface area (Å²) in [6, 6.07) is 10.7. The van der Waals surface area contributed by atoms with Gasteiger partial charge in [0.2, 0.25) is 0 Å². The van der Waals surface area contributed by atoms with E-state index in [9.17, 15) is 0 Å². The van der Waals surface area contributed by atoms with Crippen LogP contribution in [-0.4, -0.2) is 34.8 Å². The molecule has 2 aliphatic heterocycles. The zero-order valence-corrected chi connectivity index (χ0v) is 13.3. The number of piperidine rings is 1. The maximum absolute atomic E-state index is 5.63. The molecule has 1 fully saturated rings. The van der Waals surface area contributed by atoms with E-state index >= 15 is 0 Å². The number of likely N-dealkylation sites (tertiary alicyclic amines) is 1. The van der Waals surface area contributed by atoms with E-state index in [4.69, 9.17) is 4.84 Å². The Labute approximate surface area is 129 Å². The summed E-state index contributed by atoms with van der Waals surface area (Å²) in [6.07, 6.45) is 5.55. The molecule has 1 spiro atoms. The topological polar surface area (TPSA) is 24.8 Å². The largest absolute Gasteiger partial charge is 0.388 e. The van der Waals surface area contributed by atoms with Crippen molar-refractivity contribution in [2.24, 2.45) is 5.16 Å². The van der Waals surface area contributed by atoms with Crippen LogP contribution in [0.4, 0.5) is 0 Å². The lowest BCUT2D eigenvalue weighted by atomic mass is 9.89. The van der Waals surface area contributed by atoms with E-state index in [2.05, 4.69) is 56.3 Å². The summed E-state index contributed by atoms with van der Waals surface area (Å²) in [6.45, 7) is 3.45. The lowest BCUT2D eigenvalue weighted by Gasteiger charge is -2.37. The van der Waals surface area contributed by atoms with Crippen LogP contribution in [0.15, 0.2) is 35.5 Å². The van der Waals surface area contributed by atoms with Gasteiger partial charge in [-0.2, -0.15) is 0 Å². The molecule has 0 amide bonds. The van der Waals surface area contributed by atoms with Gasteiger partial charge in [-0.25, -0.2) is 0 Å². The van der Waals surface area contributed by atoms with E-state index in [-0.39, 0.29) is 5.60 Å². The van der Waals surface area contributed by atoms with Gasteiger partial charge in [0.05, 0.1) is 0 Å². The van der Waals surface area contributed by atoms with Gasteiger partial charge in [0.15, 0.2) is 0 Å². The summed E-state index contributed by atoms with van der Waals surface area (Å²) < 4.78 is 0.968. The predicted molar refractivity (Wildman–Crippen MR) is 85.2 cm³/mol. The molecule has 0 N–H and O–H groups in total. The van der Waals surface area contributed by atoms with E-state index in [1.165, 1.54) is 24.9 Å². The molecule has 1 saturated heterocycles. The molecule has 2 heterocycles. The van der Waals surface area contributed by atoms with Crippen molar-refractivity contribution in [2.75, 3.05) is 19.6 Å². The van der Waals surface area contributed by atoms with Gasteiger partial charge in [-0.05, 0) is 40.9 Å². The van der Waals surface area contributed by atoms with Crippen molar-refractivity contribution in [3.05, 3.63) is 35.9 Å². The van der Waals surface area contributed by atoms with Crippen LogP contribution in [0.25, 0.3) is 0 Å². The number of hydrogen-bond acceptors (Lipinski definition) is 3. The van der Waals surface area contributed by atoms with Gasteiger partial charge >= 0.3 is 0 Å². The van der Waals surface area contributed by atoms with Gasteiger partial charge in [-0.15, -0.1) is 0 Å². The van der Waals surface area contributed by atoms with Crippen molar-refractivity contribution in [1.82, 2.24) is 4.90 Å². The molecule has 20 heavy (non-hydrogen) atoms. The SMILES string of the molecule is BrC1=NOC2(CCN(CCCc3ccccc3)CC2)C1. The van der Waals surface area contributed by atoms with Gasteiger partial charge in [0.25, 0.3) is 0 Å². The van der Waals surface area contributed by atoms with Crippen molar-refractivity contribution >= 4 is 20.6 Å². The Morgan fingerprint density at radius 2 is 1.95 bits per heavy atom. The highest BCUT2D eigenvalue weighted by atomic mass is 79.9. The maximum atomic E-state index is 5.63. The number of benzene rings is 1. The highest BCUT2D eigenvalue weighted by molar-refractivity contribution is 9.18. The zero-order valence-electron chi connectivity index (χ0n) is 11.7. The fourth-order valence-corrected chi connectivity index (χ4v) is 3.66. The smallest absolute Gasteiger partial charge is 0.146 e. The van der Waals surface area contributed by atoms with Crippen LogP contribution in [0.3, 0.4) is 0 Å². The second kappa shape index (κ2) is 6.27. The third kappa shape index (κ3) is 3.41. The van der Waals surface area contributed by atoms with Crippen molar-refractivity contribution in [3.63, 3.8) is 0 Å². The minimum Gasteiger partial charge on any atom is -0.388 e. The Bertz CT molecular complexity index is 467. The molecule has 2 aliphatic rings. The molecule has 0 aromatic heterocycles. The molecule has 4 heteroatoms. The van der Waals surface area contributed by atoms with E-state index in [0.29, 0.717) is 0 Å². The Hall–Kier alpha value is -0.870. The van der Waals surface area contributed by atoms with Gasteiger partial charge in [0.1, 0.15) is 10.2 Å². The average molecular weight is 337 g/mol. The van der Waals surface area contributed by atoms with Gasteiger partial charge < -0.3 is 9.74 Å². The fraction of sp³-hybridized carbons (Fsp3) is 0.562. The Kier molecular flexibility index (Phi) is 4.41. The number of aryl methyl sites for hydroxylation is 1. The summed E-state index contributed by atoms with van der Waals surface area (Å²) in [5.41, 5.74) is 1.44. The Morgan fingerprint density at radius 1 is 1.20 bits per heavy atom. The number of nitrogens with zero attached hydrogens (tertiary/aromatic N) is 2. The first-order chi connectivity index (χ1) is 9.76. The van der Waals surface area contributed by atoms with E-state index in [1.807, 2.05) is 0 Å². The molecule has 0 bridgehead atoms. The van der Waals surface area contributed by atoms with Crippen LogP contribution < -0.4 is 0 Å². The van der Waals surface area contributed by atoms with Crippen LogP contribution in [0.2, 0.25) is 0 Å². The molecule has 0 atom stereocenters. The third-order valence-corrected chi connectivity index (χ3v) is 4.78. The first-order valence-electron chi connectivity index (χ1n) is 7.43. The minimum absolute atomic E-state index is 0.00520. The van der Waals surface area contributed by atoms with Crippen LogP contribution in [0.1, 0.15) is 31.2 Å². The molecular weight excluding hydrogens is 316 g/mol. The maximum Gasteiger partial charge on any atom is 0.146 e. The van der Waals surface area contributed by atoms with E-state index in [1.54, 1.807) is 0 Å². The standard InChI is InChI=1S/C16H21BrN2O/c17-15-13-16(20-18-15)8-11-19(12-9-16)10-4-7-14-5-2-1-3-6-14/h1-3,5-6H,4,7-13H2. The molecule has 1 aromatic rings.